The molecule has 3 N–H and O–H groups in total. The third kappa shape index (κ3) is 4.72. The normalized spacial score (nSPS) is 22.4. The van der Waals surface area contributed by atoms with Crippen molar-refractivity contribution < 1.29 is 14.4 Å². The van der Waals surface area contributed by atoms with Crippen molar-refractivity contribution in [2.45, 2.75) is 50.6 Å². The second-order valence-corrected chi connectivity index (χ2v) is 7.36. The standard InChI is InChI=1S/C18H24ClFN4O2/c19-15-8-12(9-16(20)18(25)23-26)10-21-17(15)22-13-4-3-7-24(11-13)14-5-1-2-6-14/h8-10,13-14,26H,1-7,11H2,(H,21,22)(H,23,25)/b16-9-/t13-/m1/s1. The molecule has 142 valence electrons. The summed E-state index contributed by atoms with van der Waals surface area (Å²) in [7, 11) is 0. The highest BCUT2D eigenvalue weighted by molar-refractivity contribution is 6.33. The molecule has 0 unspecified atom stereocenters. The van der Waals surface area contributed by atoms with Crippen molar-refractivity contribution in [3.05, 3.63) is 28.7 Å². The maximum Gasteiger partial charge on any atom is 0.303 e. The lowest BCUT2D eigenvalue weighted by molar-refractivity contribution is -0.126. The number of anilines is 1. The van der Waals surface area contributed by atoms with E-state index in [2.05, 4.69) is 15.2 Å². The molecule has 2 fully saturated rings. The van der Waals surface area contributed by atoms with Gasteiger partial charge in [-0.1, -0.05) is 24.4 Å². The highest BCUT2D eigenvalue weighted by Gasteiger charge is 2.28. The molecular formula is C18H24ClFN4O2. The number of hydrogen-bond donors (Lipinski definition) is 3. The Morgan fingerprint density at radius 2 is 2.12 bits per heavy atom. The van der Waals surface area contributed by atoms with E-state index in [0.717, 1.165) is 32.0 Å². The number of piperidine rings is 1. The van der Waals surface area contributed by atoms with Gasteiger partial charge in [-0.25, -0.2) is 14.9 Å². The summed E-state index contributed by atoms with van der Waals surface area (Å²) in [4.78, 5) is 17.8. The summed E-state index contributed by atoms with van der Waals surface area (Å²) in [5, 5.41) is 12.2. The van der Waals surface area contributed by atoms with Crippen molar-refractivity contribution in [1.29, 1.82) is 0 Å². The lowest BCUT2D eigenvalue weighted by Gasteiger charge is -2.37. The first-order chi connectivity index (χ1) is 12.6. The molecule has 0 bridgehead atoms. The molecule has 0 radical (unpaired) electrons. The first kappa shape index (κ1) is 19.1. The summed E-state index contributed by atoms with van der Waals surface area (Å²) in [6, 6.07) is 2.53. The van der Waals surface area contributed by atoms with E-state index in [1.54, 1.807) is 6.07 Å². The molecule has 6 nitrogen and oxygen atoms in total. The van der Waals surface area contributed by atoms with Gasteiger partial charge in [0.1, 0.15) is 5.82 Å². The zero-order chi connectivity index (χ0) is 18.5. The van der Waals surface area contributed by atoms with Crippen LogP contribution >= 0.6 is 11.6 Å². The Bertz CT molecular complexity index is 679. The van der Waals surface area contributed by atoms with E-state index in [0.29, 0.717) is 22.4 Å². The lowest BCUT2D eigenvalue weighted by Crippen LogP contribution is -2.46. The number of carbonyl (C=O) groups excluding carboxylic acids is 1. The first-order valence-electron chi connectivity index (χ1n) is 9.04. The number of nitrogens with one attached hydrogen (secondary N) is 2. The van der Waals surface area contributed by atoms with E-state index >= 15 is 0 Å². The van der Waals surface area contributed by atoms with Crippen molar-refractivity contribution in [2.24, 2.45) is 0 Å². The SMILES string of the molecule is O=C(NO)/C(F)=C/c1cnc(N[C@@H]2CCCN(C3CCCC3)C2)c(Cl)c1. The number of amides is 1. The fraction of sp³-hybridized carbons (Fsp3) is 0.556. The molecule has 0 spiro atoms. The number of hydrogen-bond acceptors (Lipinski definition) is 5. The van der Waals surface area contributed by atoms with Gasteiger partial charge < -0.3 is 5.32 Å². The molecule has 1 aromatic rings. The van der Waals surface area contributed by atoms with E-state index in [1.807, 2.05) is 0 Å². The smallest absolute Gasteiger partial charge is 0.303 e. The van der Waals surface area contributed by atoms with Crippen LogP contribution in [0.25, 0.3) is 6.08 Å². The van der Waals surface area contributed by atoms with Crippen LogP contribution in [0.1, 0.15) is 44.1 Å². The fourth-order valence-electron chi connectivity index (χ4n) is 3.82. The molecular weight excluding hydrogens is 359 g/mol. The maximum atomic E-state index is 13.5. The molecule has 2 aliphatic rings. The van der Waals surface area contributed by atoms with Gasteiger partial charge in [-0.15, -0.1) is 0 Å². The van der Waals surface area contributed by atoms with E-state index < -0.39 is 11.7 Å². The van der Waals surface area contributed by atoms with Crippen LogP contribution < -0.4 is 10.8 Å². The molecule has 2 heterocycles. The quantitative estimate of drug-likeness (QED) is 0.413. The minimum Gasteiger partial charge on any atom is -0.365 e. The average Bonchev–Trinajstić information content (AvgIpc) is 3.18. The minimum atomic E-state index is -1.21. The average molecular weight is 383 g/mol. The number of likely N-dealkylation sites (tertiary alicyclic amines) is 1. The molecule has 8 heteroatoms. The second kappa shape index (κ2) is 8.79. The van der Waals surface area contributed by atoms with Crippen LogP contribution in [-0.4, -0.2) is 46.2 Å². The van der Waals surface area contributed by atoms with Crippen molar-refractivity contribution >= 4 is 29.4 Å². The summed E-state index contributed by atoms with van der Waals surface area (Å²) in [5.41, 5.74) is 1.58. The topological polar surface area (TPSA) is 77.5 Å². The fourth-order valence-corrected chi connectivity index (χ4v) is 4.05. The van der Waals surface area contributed by atoms with Gasteiger partial charge in [-0.05, 0) is 49.9 Å². The molecule has 1 aromatic heterocycles. The summed E-state index contributed by atoms with van der Waals surface area (Å²) in [6.07, 6.45) is 9.85. The van der Waals surface area contributed by atoms with Crippen LogP contribution in [0.3, 0.4) is 0 Å². The van der Waals surface area contributed by atoms with E-state index in [-0.39, 0.29) is 6.04 Å². The highest BCUT2D eigenvalue weighted by atomic mass is 35.5. The third-order valence-electron chi connectivity index (χ3n) is 5.11. The van der Waals surface area contributed by atoms with Crippen molar-refractivity contribution in [1.82, 2.24) is 15.4 Å². The van der Waals surface area contributed by atoms with Crippen LogP contribution in [0.4, 0.5) is 10.2 Å². The van der Waals surface area contributed by atoms with Gasteiger partial charge in [0.05, 0.1) is 5.02 Å². The molecule has 3 rings (SSSR count). The molecule has 1 aliphatic carbocycles. The van der Waals surface area contributed by atoms with Crippen molar-refractivity contribution in [3.8, 4) is 0 Å². The Kier molecular flexibility index (Phi) is 6.45. The minimum absolute atomic E-state index is 0.285. The molecule has 0 aromatic carbocycles. The number of pyridine rings is 1. The number of hydroxylamine groups is 1. The van der Waals surface area contributed by atoms with Crippen molar-refractivity contribution in [3.63, 3.8) is 0 Å². The van der Waals surface area contributed by atoms with Crippen LogP contribution in [0.2, 0.25) is 5.02 Å². The van der Waals surface area contributed by atoms with Crippen LogP contribution in [0.15, 0.2) is 18.1 Å². The maximum absolute atomic E-state index is 13.5. The Balaban J connectivity index is 1.63. The van der Waals surface area contributed by atoms with Crippen LogP contribution in [-0.2, 0) is 4.79 Å². The monoisotopic (exact) mass is 382 g/mol. The predicted octanol–water partition coefficient (Wildman–Crippen LogP) is 3.37. The Morgan fingerprint density at radius 1 is 1.35 bits per heavy atom. The number of rotatable bonds is 5. The van der Waals surface area contributed by atoms with Gasteiger partial charge in [0.2, 0.25) is 0 Å². The molecule has 1 aliphatic heterocycles. The number of carbonyl (C=O) groups is 1. The number of aromatic nitrogens is 1. The van der Waals surface area contributed by atoms with E-state index in [9.17, 15) is 9.18 Å². The van der Waals surface area contributed by atoms with Crippen LogP contribution in [0.5, 0.6) is 0 Å². The zero-order valence-electron chi connectivity index (χ0n) is 14.5. The summed E-state index contributed by atoms with van der Waals surface area (Å²) < 4.78 is 13.5. The Hall–Kier alpha value is -1.70. The Labute approximate surface area is 157 Å². The number of nitrogens with zero attached hydrogens (tertiary/aromatic N) is 2. The summed E-state index contributed by atoms with van der Waals surface area (Å²) >= 11 is 6.27. The third-order valence-corrected chi connectivity index (χ3v) is 5.40. The largest absolute Gasteiger partial charge is 0.365 e. The predicted molar refractivity (Wildman–Crippen MR) is 98.7 cm³/mol. The second-order valence-electron chi connectivity index (χ2n) is 6.95. The van der Waals surface area contributed by atoms with Crippen LogP contribution in [0, 0.1) is 0 Å². The van der Waals surface area contributed by atoms with Gasteiger partial charge in [0, 0.05) is 24.8 Å². The van der Waals surface area contributed by atoms with Gasteiger partial charge in [0.15, 0.2) is 5.83 Å². The Morgan fingerprint density at radius 3 is 2.81 bits per heavy atom. The molecule has 1 atom stereocenters. The first-order valence-corrected chi connectivity index (χ1v) is 9.42. The van der Waals surface area contributed by atoms with E-state index in [1.165, 1.54) is 37.4 Å². The molecule has 26 heavy (non-hydrogen) atoms. The molecule has 1 saturated heterocycles. The highest BCUT2D eigenvalue weighted by Crippen LogP contribution is 2.28. The van der Waals surface area contributed by atoms with Gasteiger partial charge in [-0.3, -0.25) is 14.9 Å². The summed E-state index contributed by atoms with van der Waals surface area (Å²) in [6.45, 7) is 2.13. The van der Waals surface area contributed by atoms with Gasteiger partial charge >= 0.3 is 5.91 Å². The molecule has 1 saturated carbocycles. The lowest BCUT2D eigenvalue weighted by atomic mass is 10.0. The van der Waals surface area contributed by atoms with E-state index in [4.69, 9.17) is 16.8 Å². The van der Waals surface area contributed by atoms with Gasteiger partial charge in [-0.2, -0.15) is 0 Å². The van der Waals surface area contributed by atoms with Gasteiger partial charge in [0.25, 0.3) is 0 Å². The number of halogens is 2. The van der Waals surface area contributed by atoms with Crippen molar-refractivity contribution in [2.75, 3.05) is 18.4 Å². The zero-order valence-corrected chi connectivity index (χ0v) is 15.3. The molecule has 1 amide bonds. The summed E-state index contributed by atoms with van der Waals surface area (Å²) in [5.74, 6) is -1.77.